The fourth-order valence-electron chi connectivity index (χ4n) is 4.33. The third-order valence-corrected chi connectivity index (χ3v) is 5.76. The van der Waals surface area contributed by atoms with E-state index >= 15 is 0 Å². The van der Waals surface area contributed by atoms with Gasteiger partial charge in [0.15, 0.2) is 17.2 Å². The number of aromatic nitrogens is 1. The number of phenols is 1. The van der Waals surface area contributed by atoms with E-state index in [0.29, 0.717) is 16.6 Å². The van der Waals surface area contributed by atoms with Crippen molar-refractivity contribution in [2.75, 3.05) is 5.32 Å². The molecule has 0 amide bonds. The zero-order chi connectivity index (χ0) is 21.8. The normalized spacial score (nSPS) is 24.0. The van der Waals surface area contributed by atoms with Gasteiger partial charge in [-0.15, -0.1) is 0 Å². The number of aromatic hydroxyl groups is 1. The highest BCUT2D eigenvalue weighted by atomic mass is 19.4. The molecule has 1 aliphatic rings. The van der Waals surface area contributed by atoms with Crippen LogP contribution >= 0.6 is 0 Å². The van der Waals surface area contributed by atoms with Crippen molar-refractivity contribution in [3.8, 4) is 5.75 Å². The van der Waals surface area contributed by atoms with Crippen molar-refractivity contribution >= 4 is 16.6 Å². The van der Waals surface area contributed by atoms with Crippen LogP contribution in [-0.4, -0.2) is 27.0 Å². The zero-order valence-corrected chi connectivity index (χ0v) is 16.3. The van der Waals surface area contributed by atoms with E-state index in [1.54, 1.807) is 37.3 Å². The number of nitrogens with one attached hydrogen (secondary N) is 1. The lowest BCUT2D eigenvalue weighted by Crippen LogP contribution is -2.55. The molecule has 3 aromatic rings. The summed E-state index contributed by atoms with van der Waals surface area (Å²) in [6.45, 7) is 3.23. The maximum atomic E-state index is 14.1. The van der Waals surface area contributed by atoms with Crippen LogP contribution < -0.4 is 5.32 Å². The Kier molecular flexibility index (Phi) is 4.65. The summed E-state index contributed by atoms with van der Waals surface area (Å²) in [5.74, 6) is -2.51. The Hall–Kier alpha value is -2.87. The van der Waals surface area contributed by atoms with Crippen molar-refractivity contribution in [2.24, 2.45) is 0 Å². The summed E-state index contributed by atoms with van der Waals surface area (Å²) in [6.07, 6.45) is -5.68. The summed E-state index contributed by atoms with van der Waals surface area (Å²) >= 11 is 0. The number of phenolic OH excluding ortho intramolecular Hbond substituents is 1. The first-order chi connectivity index (χ1) is 14.0. The number of alkyl halides is 3. The van der Waals surface area contributed by atoms with E-state index in [2.05, 4.69) is 10.3 Å². The van der Waals surface area contributed by atoms with Gasteiger partial charge in [0, 0.05) is 22.3 Å². The number of hydrogen-bond acceptors (Lipinski definition) is 4. The molecule has 1 aliphatic carbocycles. The quantitative estimate of drug-likeness (QED) is 0.490. The number of nitrogens with zero attached hydrogens (tertiary/aromatic N) is 1. The van der Waals surface area contributed by atoms with Crippen LogP contribution in [0.1, 0.15) is 42.1 Å². The molecule has 1 aromatic heterocycles. The molecule has 2 aromatic carbocycles. The Bertz CT molecular complexity index is 1130. The fourth-order valence-corrected chi connectivity index (χ4v) is 4.33. The van der Waals surface area contributed by atoms with E-state index in [1.807, 2.05) is 0 Å². The number of rotatable bonds is 2. The zero-order valence-electron chi connectivity index (χ0n) is 16.3. The van der Waals surface area contributed by atoms with Crippen molar-refractivity contribution in [2.45, 2.75) is 44.0 Å². The second-order valence-electron chi connectivity index (χ2n) is 7.83. The molecule has 0 saturated carbocycles. The van der Waals surface area contributed by atoms with Gasteiger partial charge in [-0.25, -0.2) is 4.39 Å². The third-order valence-electron chi connectivity index (χ3n) is 5.76. The first-order valence-electron chi connectivity index (χ1n) is 9.46. The molecule has 4 rings (SSSR count). The van der Waals surface area contributed by atoms with Gasteiger partial charge >= 0.3 is 6.18 Å². The SMILES string of the molecule is Cc1ccc2c(N[C@H]3c4ccc(F)c(O)c4[C@@H](C)C[C@]3(O)C(F)(F)F)cccc2n1. The standard InChI is InChI=1S/C22H20F4N2O2/c1-11-10-21(30,22(24,25)26)20(14-8-9-15(23)19(29)18(11)14)28-17-5-3-4-16-13(17)7-6-12(2)27-16/h3-9,11,20,28-30H,10H2,1-2H3/t11-,20-,21+/m0/s1. The number of benzene rings is 2. The molecule has 1 heterocycles. The lowest BCUT2D eigenvalue weighted by molar-refractivity contribution is -0.272. The van der Waals surface area contributed by atoms with E-state index in [1.165, 1.54) is 13.0 Å². The van der Waals surface area contributed by atoms with Crippen molar-refractivity contribution < 1.29 is 27.8 Å². The monoisotopic (exact) mass is 420 g/mol. The fraction of sp³-hybridized carbons (Fsp3) is 0.318. The van der Waals surface area contributed by atoms with Crippen LogP contribution in [0.2, 0.25) is 0 Å². The molecular weight excluding hydrogens is 400 g/mol. The van der Waals surface area contributed by atoms with Gasteiger partial charge in [-0.05, 0) is 55.2 Å². The molecular formula is C22H20F4N2O2. The molecule has 30 heavy (non-hydrogen) atoms. The van der Waals surface area contributed by atoms with Crippen LogP contribution in [0.25, 0.3) is 10.9 Å². The number of pyridine rings is 1. The molecule has 3 atom stereocenters. The number of halogens is 4. The molecule has 0 unspecified atom stereocenters. The Morgan fingerprint density at radius 1 is 1.13 bits per heavy atom. The summed E-state index contributed by atoms with van der Waals surface area (Å²) in [5.41, 5.74) is -1.37. The largest absolute Gasteiger partial charge is 0.505 e. The molecule has 158 valence electrons. The van der Waals surface area contributed by atoms with E-state index in [-0.39, 0.29) is 11.1 Å². The van der Waals surface area contributed by atoms with Gasteiger partial charge in [-0.2, -0.15) is 13.2 Å². The number of aryl methyl sites for hydroxylation is 1. The first kappa shape index (κ1) is 20.4. The minimum absolute atomic E-state index is 0.00421. The third kappa shape index (κ3) is 3.06. The van der Waals surface area contributed by atoms with Crippen molar-refractivity contribution in [1.29, 1.82) is 0 Å². The maximum absolute atomic E-state index is 14.1. The van der Waals surface area contributed by atoms with Crippen LogP contribution in [0.15, 0.2) is 42.5 Å². The predicted molar refractivity (Wildman–Crippen MR) is 105 cm³/mol. The average molecular weight is 420 g/mol. The molecule has 0 bridgehead atoms. The van der Waals surface area contributed by atoms with Gasteiger partial charge in [0.1, 0.15) is 0 Å². The molecule has 8 heteroatoms. The lowest BCUT2D eigenvalue weighted by atomic mass is 9.70. The molecule has 4 nitrogen and oxygen atoms in total. The van der Waals surface area contributed by atoms with E-state index < -0.39 is 41.7 Å². The van der Waals surface area contributed by atoms with Crippen LogP contribution in [-0.2, 0) is 0 Å². The van der Waals surface area contributed by atoms with Crippen LogP contribution in [0.4, 0.5) is 23.2 Å². The summed E-state index contributed by atoms with van der Waals surface area (Å²) in [7, 11) is 0. The van der Waals surface area contributed by atoms with Crippen molar-refractivity contribution in [3.05, 3.63) is 65.1 Å². The number of hydrogen-bond donors (Lipinski definition) is 3. The Labute approximate surface area is 170 Å². The Morgan fingerprint density at radius 2 is 1.87 bits per heavy atom. The smallest absolute Gasteiger partial charge is 0.419 e. The van der Waals surface area contributed by atoms with Crippen LogP contribution in [0, 0.1) is 12.7 Å². The Morgan fingerprint density at radius 3 is 2.57 bits per heavy atom. The topological polar surface area (TPSA) is 65.4 Å². The highest BCUT2D eigenvalue weighted by Crippen LogP contribution is 2.54. The molecule has 0 saturated heterocycles. The lowest BCUT2D eigenvalue weighted by Gasteiger charge is -2.45. The first-order valence-corrected chi connectivity index (χ1v) is 9.46. The number of fused-ring (bicyclic) bond motifs is 2. The Balaban J connectivity index is 1.92. The summed E-state index contributed by atoms with van der Waals surface area (Å²) in [6, 6.07) is 8.90. The van der Waals surface area contributed by atoms with Crippen LogP contribution in [0.3, 0.4) is 0 Å². The van der Waals surface area contributed by atoms with Crippen molar-refractivity contribution in [1.82, 2.24) is 4.98 Å². The van der Waals surface area contributed by atoms with Gasteiger partial charge in [-0.3, -0.25) is 4.98 Å². The van der Waals surface area contributed by atoms with Gasteiger partial charge in [0.25, 0.3) is 0 Å². The van der Waals surface area contributed by atoms with Crippen LogP contribution in [0.5, 0.6) is 5.75 Å². The molecule has 3 N–H and O–H groups in total. The van der Waals surface area contributed by atoms with Gasteiger partial charge in [0.05, 0.1) is 11.6 Å². The van der Waals surface area contributed by atoms with Crippen molar-refractivity contribution in [3.63, 3.8) is 0 Å². The highest BCUT2D eigenvalue weighted by molar-refractivity contribution is 5.91. The minimum atomic E-state index is -4.96. The second-order valence-corrected chi connectivity index (χ2v) is 7.83. The number of anilines is 1. The molecule has 0 radical (unpaired) electrons. The van der Waals surface area contributed by atoms with Gasteiger partial charge in [0.2, 0.25) is 0 Å². The molecule has 0 aliphatic heterocycles. The summed E-state index contributed by atoms with van der Waals surface area (Å²) < 4.78 is 56.1. The molecule has 0 spiro atoms. The highest BCUT2D eigenvalue weighted by Gasteiger charge is 2.62. The van der Waals surface area contributed by atoms with E-state index in [0.717, 1.165) is 11.8 Å². The minimum Gasteiger partial charge on any atom is -0.505 e. The van der Waals surface area contributed by atoms with E-state index in [9.17, 15) is 27.8 Å². The maximum Gasteiger partial charge on any atom is 0.419 e. The van der Waals surface area contributed by atoms with E-state index in [4.69, 9.17) is 0 Å². The number of aliphatic hydroxyl groups is 1. The predicted octanol–water partition coefficient (Wildman–Crippen LogP) is 5.34. The molecule has 0 fully saturated rings. The van der Waals surface area contributed by atoms with Gasteiger partial charge < -0.3 is 15.5 Å². The second kappa shape index (κ2) is 6.84. The summed E-state index contributed by atoms with van der Waals surface area (Å²) in [4.78, 5) is 4.38. The average Bonchev–Trinajstić information content (AvgIpc) is 2.66. The summed E-state index contributed by atoms with van der Waals surface area (Å²) in [5, 5.41) is 24.4. The van der Waals surface area contributed by atoms with Gasteiger partial charge in [-0.1, -0.05) is 19.1 Å².